The Morgan fingerprint density at radius 2 is 1.74 bits per heavy atom. The molecule has 2 rings (SSSR count). The van der Waals surface area contributed by atoms with Crippen molar-refractivity contribution in [2.24, 2.45) is 0 Å². The van der Waals surface area contributed by atoms with Crippen LogP contribution >= 0.6 is 27.3 Å². The number of ether oxygens (including phenoxy) is 2. The van der Waals surface area contributed by atoms with Gasteiger partial charge in [-0.05, 0) is 28.9 Å². The monoisotopic (exact) mass is 341 g/mol. The fraction of sp³-hybridized carbons (Fsp3) is 0.286. The Hall–Kier alpha value is -1.20. The summed E-state index contributed by atoms with van der Waals surface area (Å²) in [6, 6.07) is 8.13. The number of benzene rings is 1. The zero-order valence-electron chi connectivity index (χ0n) is 11.1. The van der Waals surface area contributed by atoms with Gasteiger partial charge in [-0.2, -0.15) is 0 Å². The van der Waals surface area contributed by atoms with Crippen molar-refractivity contribution in [1.82, 2.24) is 0 Å². The van der Waals surface area contributed by atoms with Gasteiger partial charge in [0.2, 0.25) is 0 Å². The molecule has 0 bridgehead atoms. The molecule has 1 unspecified atom stereocenters. The lowest BCUT2D eigenvalue weighted by atomic mass is 10.2. The molecule has 3 nitrogen and oxygen atoms in total. The average Bonchev–Trinajstić information content (AvgIpc) is 2.85. The second-order valence-electron chi connectivity index (χ2n) is 4.13. The van der Waals surface area contributed by atoms with Crippen LogP contribution in [0.1, 0.15) is 17.8 Å². The van der Waals surface area contributed by atoms with Crippen molar-refractivity contribution < 1.29 is 9.47 Å². The standard InChI is InChI=1S/C14H16BrNO2S/c1-9(14-4-10(15)8-19-14)16-11-5-12(17-2)7-13(6-11)18-3/h4-9,16H,1-3H3. The predicted molar refractivity (Wildman–Crippen MR) is 83.6 cm³/mol. The highest BCUT2D eigenvalue weighted by Crippen LogP contribution is 2.31. The van der Waals surface area contributed by atoms with E-state index in [-0.39, 0.29) is 6.04 Å². The Morgan fingerprint density at radius 1 is 1.11 bits per heavy atom. The number of anilines is 1. The lowest BCUT2D eigenvalue weighted by Crippen LogP contribution is -2.05. The third-order valence-electron chi connectivity index (χ3n) is 2.75. The minimum atomic E-state index is 0.230. The summed E-state index contributed by atoms with van der Waals surface area (Å²) in [5.74, 6) is 1.56. The summed E-state index contributed by atoms with van der Waals surface area (Å²) in [5.41, 5.74) is 0.980. The van der Waals surface area contributed by atoms with Crippen LogP contribution in [-0.4, -0.2) is 14.2 Å². The molecule has 1 atom stereocenters. The van der Waals surface area contributed by atoms with Crippen LogP contribution in [0.3, 0.4) is 0 Å². The fourth-order valence-corrected chi connectivity index (χ4v) is 3.22. The second kappa shape index (κ2) is 6.30. The van der Waals surface area contributed by atoms with Crippen LogP contribution in [0.15, 0.2) is 34.1 Å². The Labute approximate surface area is 125 Å². The van der Waals surface area contributed by atoms with Gasteiger partial charge in [-0.3, -0.25) is 0 Å². The van der Waals surface area contributed by atoms with E-state index in [9.17, 15) is 0 Å². The van der Waals surface area contributed by atoms with Crippen molar-refractivity contribution >= 4 is 33.0 Å². The van der Waals surface area contributed by atoms with Crippen molar-refractivity contribution in [3.63, 3.8) is 0 Å². The van der Waals surface area contributed by atoms with Gasteiger partial charge in [-0.1, -0.05) is 0 Å². The predicted octanol–water partition coefficient (Wildman–Crippen LogP) is 4.70. The van der Waals surface area contributed by atoms with Crippen LogP contribution in [0.2, 0.25) is 0 Å². The van der Waals surface area contributed by atoms with Gasteiger partial charge in [0.1, 0.15) is 11.5 Å². The molecule has 0 saturated carbocycles. The van der Waals surface area contributed by atoms with E-state index < -0.39 is 0 Å². The molecule has 0 amide bonds. The summed E-state index contributed by atoms with van der Waals surface area (Å²) in [7, 11) is 3.30. The van der Waals surface area contributed by atoms with Crippen LogP contribution in [0.5, 0.6) is 11.5 Å². The first kappa shape index (κ1) is 14.2. The molecule has 1 aromatic heterocycles. The quantitative estimate of drug-likeness (QED) is 0.854. The van der Waals surface area contributed by atoms with E-state index in [1.165, 1.54) is 4.88 Å². The van der Waals surface area contributed by atoms with E-state index >= 15 is 0 Å². The van der Waals surface area contributed by atoms with Crippen LogP contribution < -0.4 is 14.8 Å². The van der Waals surface area contributed by atoms with Crippen molar-refractivity contribution in [3.05, 3.63) is 39.0 Å². The Bertz CT molecular complexity index is 534. The zero-order valence-corrected chi connectivity index (χ0v) is 13.5. The van der Waals surface area contributed by atoms with E-state index in [4.69, 9.17) is 9.47 Å². The van der Waals surface area contributed by atoms with Crippen molar-refractivity contribution in [1.29, 1.82) is 0 Å². The smallest absolute Gasteiger partial charge is 0.124 e. The summed E-state index contributed by atoms with van der Waals surface area (Å²) in [5, 5.41) is 5.53. The number of hydrogen-bond donors (Lipinski definition) is 1. The highest BCUT2D eigenvalue weighted by atomic mass is 79.9. The van der Waals surface area contributed by atoms with Gasteiger partial charge in [0.05, 0.1) is 20.3 Å². The number of halogens is 1. The average molecular weight is 342 g/mol. The summed E-state index contributed by atoms with van der Waals surface area (Å²) >= 11 is 5.20. The van der Waals surface area contributed by atoms with E-state index in [1.807, 2.05) is 18.2 Å². The molecule has 19 heavy (non-hydrogen) atoms. The van der Waals surface area contributed by atoms with Crippen LogP contribution in [0.25, 0.3) is 0 Å². The molecule has 1 N–H and O–H groups in total. The molecule has 2 aromatic rings. The molecule has 5 heteroatoms. The number of thiophene rings is 1. The maximum Gasteiger partial charge on any atom is 0.124 e. The van der Waals surface area contributed by atoms with Gasteiger partial charge in [0.25, 0.3) is 0 Å². The Morgan fingerprint density at radius 3 is 2.21 bits per heavy atom. The maximum absolute atomic E-state index is 5.26. The van der Waals surface area contributed by atoms with Gasteiger partial charge in [-0.25, -0.2) is 0 Å². The third-order valence-corrected chi connectivity index (χ3v) is 4.63. The molecular formula is C14H16BrNO2S. The normalized spacial score (nSPS) is 12.0. The lowest BCUT2D eigenvalue weighted by Gasteiger charge is -2.15. The first-order chi connectivity index (χ1) is 9.12. The highest BCUT2D eigenvalue weighted by Gasteiger charge is 2.09. The summed E-state index contributed by atoms with van der Waals surface area (Å²) in [6.07, 6.45) is 0. The van der Waals surface area contributed by atoms with Gasteiger partial charge in [-0.15, -0.1) is 11.3 Å². The number of rotatable bonds is 5. The Balaban J connectivity index is 2.18. The van der Waals surface area contributed by atoms with Gasteiger partial charge in [0.15, 0.2) is 0 Å². The first-order valence-electron chi connectivity index (χ1n) is 5.86. The third kappa shape index (κ3) is 3.64. The largest absolute Gasteiger partial charge is 0.497 e. The number of methoxy groups -OCH3 is 2. The van der Waals surface area contributed by atoms with Gasteiger partial charge >= 0.3 is 0 Å². The molecule has 102 valence electrons. The highest BCUT2D eigenvalue weighted by molar-refractivity contribution is 9.10. The van der Waals surface area contributed by atoms with Crippen LogP contribution in [0, 0.1) is 0 Å². The summed E-state index contributed by atoms with van der Waals surface area (Å²) in [6.45, 7) is 2.13. The van der Waals surface area contributed by atoms with E-state index in [2.05, 4.69) is 39.6 Å². The van der Waals surface area contributed by atoms with Gasteiger partial charge < -0.3 is 14.8 Å². The topological polar surface area (TPSA) is 30.5 Å². The molecule has 0 saturated heterocycles. The second-order valence-corrected chi connectivity index (χ2v) is 5.99. The van der Waals surface area contributed by atoms with Crippen molar-refractivity contribution in [3.8, 4) is 11.5 Å². The minimum absolute atomic E-state index is 0.230. The van der Waals surface area contributed by atoms with E-state index in [0.717, 1.165) is 21.7 Å². The SMILES string of the molecule is COc1cc(NC(C)c2cc(Br)cs2)cc(OC)c1. The van der Waals surface area contributed by atoms with Crippen molar-refractivity contribution in [2.45, 2.75) is 13.0 Å². The lowest BCUT2D eigenvalue weighted by molar-refractivity contribution is 0.394. The molecular weight excluding hydrogens is 326 g/mol. The number of nitrogens with one attached hydrogen (secondary N) is 1. The molecule has 0 aliphatic carbocycles. The molecule has 0 radical (unpaired) electrons. The first-order valence-corrected chi connectivity index (χ1v) is 7.53. The van der Waals surface area contributed by atoms with Gasteiger partial charge in [0, 0.05) is 38.6 Å². The van der Waals surface area contributed by atoms with Crippen molar-refractivity contribution in [2.75, 3.05) is 19.5 Å². The van der Waals surface area contributed by atoms with E-state index in [0.29, 0.717) is 0 Å². The molecule has 0 aliphatic heterocycles. The number of hydrogen-bond acceptors (Lipinski definition) is 4. The fourth-order valence-electron chi connectivity index (χ4n) is 1.77. The summed E-state index contributed by atoms with van der Waals surface area (Å²) in [4.78, 5) is 1.27. The maximum atomic E-state index is 5.26. The molecule has 0 spiro atoms. The molecule has 0 aliphatic rings. The van der Waals surface area contributed by atoms with Crippen LogP contribution in [0.4, 0.5) is 5.69 Å². The zero-order chi connectivity index (χ0) is 13.8. The molecule has 0 fully saturated rings. The Kier molecular flexibility index (Phi) is 4.71. The van der Waals surface area contributed by atoms with Crippen LogP contribution in [-0.2, 0) is 0 Å². The molecule has 1 heterocycles. The summed E-state index contributed by atoms with van der Waals surface area (Å²) < 4.78 is 11.6. The minimum Gasteiger partial charge on any atom is -0.497 e. The van der Waals surface area contributed by atoms with E-state index in [1.54, 1.807) is 25.6 Å². The molecule has 1 aromatic carbocycles.